The molecule has 0 aliphatic carbocycles. The summed E-state index contributed by atoms with van der Waals surface area (Å²) in [5, 5.41) is 11.8. The molecule has 3 aromatic heterocycles. The van der Waals surface area contributed by atoms with Crippen LogP contribution in [0, 0.1) is 0 Å². The van der Waals surface area contributed by atoms with Gasteiger partial charge in [-0.25, -0.2) is 14.6 Å². The first kappa shape index (κ1) is 23.2. The number of benzene rings is 2. The van der Waals surface area contributed by atoms with Gasteiger partial charge in [-0.2, -0.15) is 18.3 Å². The maximum absolute atomic E-state index is 13.2. The smallest absolute Gasteiger partial charge is 0.289 e. The number of rotatable bonds is 6. The monoisotopic (exact) mass is 491 g/mol. The van der Waals surface area contributed by atoms with Gasteiger partial charge in [0.05, 0.1) is 35.1 Å². The highest BCUT2D eigenvalue weighted by molar-refractivity contribution is 6.12. The fraction of sp³-hybridized carbons (Fsp3) is 0.160. The van der Waals surface area contributed by atoms with E-state index in [1.807, 2.05) is 31.3 Å². The minimum atomic E-state index is -4.43. The molecule has 1 N–H and O–H groups in total. The van der Waals surface area contributed by atoms with Gasteiger partial charge in [0.15, 0.2) is 0 Å². The average molecular weight is 491 g/mol. The van der Waals surface area contributed by atoms with Crippen molar-refractivity contribution in [2.24, 2.45) is 0 Å². The Balaban J connectivity index is 1.39. The number of hydrogen-bond acceptors (Lipinski definition) is 5. The predicted molar refractivity (Wildman–Crippen MR) is 127 cm³/mol. The number of carbonyl (C=O) groups is 1. The molecule has 3 heterocycles. The van der Waals surface area contributed by atoms with Crippen molar-refractivity contribution in [3.8, 4) is 11.3 Å². The van der Waals surface area contributed by atoms with E-state index in [0.717, 1.165) is 17.7 Å². The van der Waals surface area contributed by atoms with Crippen molar-refractivity contribution in [2.45, 2.75) is 26.2 Å². The molecule has 0 unspecified atom stereocenters. The molecule has 8 nitrogen and oxygen atoms in total. The van der Waals surface area contributed by atoms with Crippen LogP contribution >= 0.6 is 0 Å². The van der Waals surface area contributed by atoms with Crippen molar-refractivity contribution < 1.29 is 18.0 Å². The minimum Gasteiger partial charge on any atom is -0.289 e. The van der Waals surface area contributed by atoms with Gasteiger partial charge in [0.2, 0.25) is 5.95 Å². The van der Waals surface area contributed by atoms with Crippen LogP contribution in [0.4, 0.5) is 19.1 Å². The van der Waals surface area contributed by atoms with E-state index < -0.39 is 17.6 Å². The lowest BCUT2D eigenvalue weighted by atomic mass is 10.1. The van der Waals surface area contributed by atoms with Gasteiger partial charge in [0.1, 0.15) is 6.33 Å². The first-order valence-corrected chi connectivity index (χ1v) is 11.1. The molecule has 11 heteroatoms. The molecule has 182 valence electrons. The summed E-state index contributed by atoms with van der Waals surface area (Å²) < 4.78 is 42.1. The Labute approximate surface area is 203 Å². The summed E-state index contributed by atoms with van der Waals surface area (Å²) in [6, 6.07) is 14.0. The largest absolute Gasteiger partial charge is 0.416 e. The van der Waals surface area contributed by atoms with Crippen molar-refractivity contribution in [1.29, 1.82) is 0 Å². The highest BCUT2D eigenvalue weighted by atomic mass is 19.4. The van der Waals surface area contributed by atoms with Crippen LogP contribution in [0.1, 0.15) is 28.4 Å². The first-order valence-electron chi connectivity index (χ1n) is 11.1. The Bertz CT molecular complexity index is 1550. The molecule has 36 heavy (non-hydrogen) atoms. The van der Waals surface area contributed by atoms with E-state index in [9.17, 15) is 18.0 Å². The highest BCUT2D eigenvalue weighted by Gasteiger charge is 2.30. The molecule has 0 saturated carbocycles. The second-order valence-corrected chi connectivity index (χ2v) is 8.07. The average Bonchev–Trinajstić information content (AvgIpc) is 3.52. The molecule has 0 aliphatic rings. The summed E-state index contributed by atoms with van der Waals surface area (Å²) in [6.45, 7) is 2.74. The Morgan fingerprint density at radius 2 is 1.89 bits per heavy atom. The molecule has 2 aromatic carbocycles. The quantitative estimate of drug-likeness (QED) is 0.360. The van der Waals surface area contributed by atoms with E-state index in [4.69, 9.17) is 0 Å². The maximum atomic E-state index is 13.2. The summed E-state index contributed by atoms with van der Waals surface area (Å²) in [5.74, 6) is -0.400. The van der Waals surface area contributed by atoms with Crippen LogP contribution in [-0.2, 0) is 19.3 Å². The van der Waals surface area contributed by atoms with Gasteiger partial charge in [0, 0.05) is 23.7 Å². The van der Waals surface area contributed by atoms with Crippen LogP contribution in [0.15, 0.2) is 73.3 Å². The molecule has 0 saturated heterocycles. The Morgan fingerprint density at radius 3 is 2.67 bits per heavy atom. The third-order valence-corrected chi connectivity index (χ3v) is 5.57. The van der Waals surface area contributed by atoms with E-state index in [-0.39, 0.29) is 12.5 Å². The van der Waals surface area contributed by atoms with Crippen molar-refractivity contribution in [1.82, 2.24) is 29.5 Å². The molecule has 5 aromatic rings. The summed E-state index contributed by atoms with van der Waals surface area (Å²) in [7, 11) is 0. The zero-order valence-electron chi connectivity index (χ0n) is 19.1. The Kier molecular flexibility index (Phi) is 5.96. The van der Waals surface area contributed by atoms with E-state index >= 15 is 0 Å². The van der Waals surface area contributed by atoms with Crippen molar-refractivity contribution in [3.63, 3.8) is 0 Å². The van der Waals surface area contributed by atoms with Crippen molar-refractivity contribution >= 4 is 22.8 Å². The third kappa shape index (κ3) is 4.81. The number of anilines is 1. The zero-order valence-corrected chi connectivity index (χ0v) is 19.1. The topological polar surface area (TPSA) is 90.5 Å². The van der Waals surface area contributed by atoms with Gasteiger partial charge in [-0.15, -0.1) is 5.10 Å². The first-order chi connectivity index (χ1) is 17.3. The van der Waals surface area contributed by atoms with Crippen molar-refractivity contribution in [3.05, 3.63) is 90.0 Å². The van der Waals surface area contributed by atoms with Crippen molar-refractivity contribution in [2.75, 3.05) is 5.32 Å². The van der Waals surface area contributed by atoms with E-state index in [1.165, 1.54) is 17.1 Å². The summed E-state index contributed by atoms with van der Waals surface area (Å²) in [5.41, 5.74) is 2.08. The molecule has 0 radical (unpaired) electrons. The van der Waals surface area contributed by atoms with Crippen LogP contribution in [-0.4, -0.2) is 35.4 Å². The van der Waals surface area contributed by atoms with Gasteiger partial charge in [-0.1, -0.05) is 30.3 Å². The number of pyridine rings is 1. The highest BCUT2D eigenvalue weighted by Crippen LogP contribution is 2.30. The molecule has 5 rings (SSSR count). The van der Waals surface area contributed by atoms with Crippen LogP contribution in [0.5, 0.6) is 0 Å². The molecular formula is C25H20F3N7O. The number of halogens is 3. The summed E-state index contributed by atoms with van der Waals surface area (Å²) in [4.78, 5) is 22.0. The summed E-state index contributed by atoms with van der Waals surface area (Å²) in [6.07, 6.45) is 0.471. The molecule has 0 aliphatic heterocycles. The number of amides is 1. The molecule has 1 amide bonds. The van der Waals surface area contributed by atoms with Crippen LogP contribution < -0.4 is 5.32 Å². The normalized spacial score (nSPS) is 11.7. The van der Waals surface area contributed by atoms with Crippen LogP contribution in [0.2, 0.25) is 0 Å². The second kappa shape index (κ2) is 9.25. The number of para-hydroxylation sites is 1. The SMILES string of the molecule is CCn1cc(-c2cc(C(=O)Nc3ncn(Cc4cccc(C(F)(F)F)c4)n3)c3ccccc3n2)cn1. The number of carbonyl (C=O) groups excluding carboxylic acids is 1. The fourth-order valence-electron chi connectivity index (χ4n) is 3.81. The molecule has 0 atom stereocenters. The standard InChI is InChI=1S/C25H20F3N7O/c1-2-34-14-17(12-30-34)22-11-20(19-8-3-4-9-21(19)31-22)23(36)32-24-29-15-35(33-24)13-16-6-5-7-18(10-16)25(26,27)28/h3-12,14-15H,2,13H2,1H3,(H,32,33,36). The maximum Gasteiger partial charge on any atom is 0.416 e. The summed E-state index contributed by atoms with van der Waals surface area (Å²) >= 11 is 0. The van der Waals surface area contributed by atoms with E-state index in [0.29, 0.717) is 34.3 Å². The Morgan fingerprint density at radius 1 is 1.06 bits per heavy atom. The van der Waals surface area contributed by atoms with E-state index in [2.05, 4.69) is 25.5 Å². The number of alkyl halides is 3. The molecule has 0 bridgehead atoms. The molecular weight excluding hydrogens is 471 g/mol. The predicted octanol–water partition coefficient (Wildman–Crippen LogP) is 5.03. The lowest BCUT2D eigenvalue weighted by molar-refractivity contribution is -0.137. The van der Waals surface area contributed by atoms with Crippen LogP contribution in [0.3, 0.4) is 0 Å². The minimum absolute atomic E-state index is 0.0354. The zero-order chi connectivity index (χ0) is 25.3. The number of fused-ring (bicyclic) bond motifs is 1. The number of nitrogens with zero attached hydrogens (tertiary/aromatic N) is 6. The fourth-order valence-corrected chi connectivity index (χ4v) is 3.81. The number of nitrogens with one attached hydrogen (secondary N) is 1. The third-order valence-electron chi connectivity index (χ3n) is 5.57. The van der Waals surface area contributed by atoms with Gasteiger partial charge in [0.25, 0.3) is 5.91 Å². The number of hydrogen-bond donors (Lipinski definition) is 1. The molecule has 0 fully saturated rings. The number of aryl methyl sites for hydroxylation is 1. The molecule has 0 spiro atoms. The lowest BCUT2D eigenvalue weighted by Crippen LogP contribution is -2.14. The van der Waals surface area contributed by atoms with Gasteiger partial charge >= 0.3 is 6.18 Å². The van der Waals surface area contributed by atoms with Crippen LogP contribution in [0.25, 0.3) is 22.2 Å². The van der Waals surface area contributed by atoms with Gasteiger partial charge in [-0.05, 0) is 36.8 Å². The second-order valence-electron chi connectivity index (χ2n) is 8.07. The lowest BCUT2D eigenvalue weighted by Gasteiger charge is -2.09. The Hall–Kier alpha value is -4.54. The van der Waals surface area contributed by atoms with Gasteiger partial charge in [-0.3, -0.25) is 14.8 Å². The number of aromatic nitrogens is 6. The van der Waals surface area contributed by atoms with E-state index in [1.54, 1.807) is 29.1 Å². The van der Waals surface area contributed by atoms with Gasteiger partial charge < -0.3 is 0 Å².